The van der Waals surface area contributed by atoms with Gasteiger partial charge in [-0.3, -0.25) is 10.1 Å². The summed E-state index contributed by atoms with van der Waals surface area (Å²) in [6.45, 7) is 4.19. The number of nitrogens with one attached hydrogen (secondary N) is 2. The third kappa shape index (κ3) is 6.35. The van der Waals surface area contributed by atoms with Crippen molar-refractivity contribution in [1.29, 1.82) is 0 Å². The lowest BCUT2D eigenvalue weighted by molar-refractivity contribution is -0.137. The second kappa shape index (κ2) is 10.7. The van der Waals surface area contributed by atoms with Crippen LogP contribution in [0.2, 0.25) is 0 Å². The summed E-state index contributed by atoms with van der Waals surface area (Å²) < 4.78 is 45.2. The number of carbonyl (C=O) groups excluding carboxylic acids is 1. The number of carbonyl (C=O) groups is 1. The molecule has 3 rings (SSSR count). The number of hydrogen-bond acceptors (Lipinski definition) is 4. The van der Waals surface area contributed by atoms with Gasteiger partial charge in [-0.1, -0.05) is 13.3 Å². The Morgan fingerprint density at radius 1 is 1.12 bits per heavy atom. The fourth-order valence-electron chi connectivity index (χ4n) is 3.41. The molecule has 1 fully saturated rings. The van der Waals surface area contributed by atoms with E-state index in [1.54, 1.807) is 24.3 Å². The van der Waals surface area contributed by atoms with Gasteiger partial charge in [0.05, 0.1) is 23.5 Å². The average Bonchev–Trinajstić information content (AvgIpc) is 3.28. The van der Waals surface area contributed by atoms with E-state index in [0.717, 1.165) is 50.9 Å². The molecule has 1 aliphatic rings. The first-order valence-electron chi connectivity index (χ1n) is 10.6. The monoisotopic (exact) mass is 465 g/mol. The molecule has 0 spiro atoms. The Kier molecular flexibility index (Phi) is 7.95. The van der Waals surface area contributed by atoms with Gasteiger partial charge >= 0.3 is 6.18 Å². The maximum Gasteiger partial charge on any atom is 0.416 e. The van der Waals surface area contributed by atoms with E-state index in [9.17, 15) is 18.0 Å². The molecule has 0 aromatic heterocycles. The molecule has 0 atom stereocenters. The number of unbranched alkanes of at least 4 members (excludes halogenated alkanes) is 1. The topological polar surface area (TPSA) is 53.6 Å². The number of thiocarbonyl (C=S) groups is 1. The first-order valence-corrected chi connectivity index (χ1v) is 11.0. The Morgan fingerprint density at radius 3 is 2.44 bits per heavy atom. The van der Waals surface area contributed by atoms with E-state index in [-0.39, 0.29) is 10.8 Å². The second-order valence-corrected chi connectivity index (χ2v) is 7.97. The second-order valence-electron chi connectivity index (χ2n) is 7.56. The molecular formula is C23H26F3N3O2S. The zero-order valence-corrected chi connectivity index (χ0v) is 18.6. The van der Waals surface area contributed by atoms with Crippen LogP contribution in [0, 0.1) is 0 Å². The van der Waals surface area contributed by atoms with Crippen LogP contribution in [0.15, 0.2) is 42.5 Å². The number of nitrogens with zero attached hydrogens (tertiary/aromatic N) is 1. The van der Waals surface area contributed by atoms with Crippen molar-refractivity contribution in [3.63, 3.8) is 0 Å². The quantitative estimate of drug-likeness (QED) is 0.411. The van der Waals surface area contributed by atoms with Crippen molar-refractivity contribution in [2.24, 2.45) is 0 Å². The lowest BCUT2D eigenvalue weighted by Gasteiger charge is -2.23. The van der Waals surface area contributed by atoms with Gasteiger partial charge < -0.3 is 15.0 Å². The van der Waals surface area contributed by atoms with E-state index in [0.29, 0.717) is 23.6 Å². The van der Waals surface area contributed by atoms with Gasteiger partial charge in [0.2, 0.25) is 0 Å². The fourth-order valence-corrected chi connectivity index (χ4v) is 3.61. The lowest BCUT2D eigenvalue weighted by atomic mass is 10.1. The predicted molar refractivity (Wildman–Crippen MR) is 123 cm³/mol. The van der Waals surface area contributed by atoms with E-state index >= 15 is 0 Å². The summed E-state index contributed by atoms with van der Waals surface area (Å²) in [5.41, 5.74) is 0.420. The summed E-state index contributed by atoms with van der Waals surface area (Å²) in [4.78, 5) is 14.5. The standard InChI is InChI=1S/C23H26F3N3O2S/c1-2-3-14-31-18-9-6-16(7-10-18)21(30)28-22(32)27-19-15-17(23(24,25)26)8-11-20(19)29-12-4-5-13-29/h6-11,15H,2-5,12-14H2,1H3,(H2,27,28,30,32). The third-order valence-corrected chi connectivity index (χ3v) is 5.33. The van der Waals surface area contributed by atoms with E-state index in [1.165, 1.54) is 6.07 Å². The maximum absolute atomic E-state index is 13.2. The summed E-state index contributed by atoms with van der Waals surface area (Å²) >= 11 is 5.21. The number of amides is 1. The molecule has 32 heavy (non-hydrogen) atoms. The van der Waals surface area contributed by atoms with Crippen LogP contribution >= 0.6 is 12.2 Å². The average molecular weight is 466 g/mol. The van der Waals surface area contributed by atoms with Gasteiger partial charge in [0.1, 0.15) is 5.75 Å². The van der Waals surface area contributed by atoms with Gasteiger partial charge in [0.15, 0.2) is 5.11 Å². The molecule has 0 radical (unpaired) electrons. The predicted octanol–water partition coefficient (Wildman–Crippen LogP) is 5.61. The van der Waals surface area contributed by atoms with Crippen molar-refractivity contribution in [2.45, 2.75) is 38.8 Å². The molecule has 1 aliphatic heterocycles. The molecule has 2 aromatic rings. The van der Waals surface area contributed by atoms with Crippen LogP contribution in [-0.2, 0) is 6.18 Å². The number of halogens is 3. The minimum absolute atomic E-state index is 0.0713. The molecule has 1 saturated heterocycles. The Morgan fingerprint density at radius 2 is 1.81 bits per heavy atom. The van der Waals surface area contributed by atoms with Crippen LogP contribution in [0.5, 0.6) is 5.75 Å². The van der Waals surface area contributed by atoms with Crippen LogP contribution < -0.4 is 20.3 Å². The smallest absolute Gasteiger partial charge is 0.416 e. The first-order chi connectivity index (χ1) is 15.3. The minimum atomic E-state index is -4.48. The Bertz CT molecular complexity index is 942. The molecule has 1 heterocycles. The zero-order chi connectivity index (χ0) is 23.1. The van der Waals surface area contributed by atoms with Crippen LogP contribution in [0.1, 0.15) is 48.5 Å². The lowest BCUT2D eigenvalue weighted by Crippen LogP contribution is -2.34. The van der Waals surface area contributed by atoms with Crippen molar-refractivity contribution in [2.75, 3.05) is 29.9 Å². The van der Waals surface area contributed by atoms with E-state index in [2.05, 4.69) is 17.6 Å². The zero-order valence-electron chi connectivity index (χ0n) is 17.8. The highest BCUT2D eigenvalue weighted by Gasteiger charge is 2.32. The Labute approximate surface area is 190 Å². The molecule has 5 nitrogen and oxygen atoms in total. The van der Waals surface area contributed by atoms with Crippen LogP contribution in [0.3, 0.4) is 0 Å². The number of hydrogen-bond donors (Lipinski definition) is 2. The highest BCUT2D eigenvalue weighted by atomic mass is 32.1. The molecule has 2 N–H and O–H groups in total. The van der Waals surface area contributed by atoms with Gasteiger partial charge in [0, 0.05) is 18.7 Å². The van der Waals surface area contributed by atoms with Gasteiger partial charge in [-0.05, 0) is 73.9 Å². The Hall–Kier alpha value is -2.81. The van der Waals surface area contributed by atoms with Crippen molar-refractivity contribution >= 4 is 34.6 Å². The molecule has 0 unspecified atom stereocenters. The number of alkyl halides is 3. The van der Waals surface area contributed by atoms with Crippen LogP contribution in [0.25, 0.3) is 0 Å². The van der Waals surface area contributed by atoms with Crippen molar-refractivity contribution in [3.05, 3.63) is 53.6 Å². The molecule has 1 amide bonds. The minimum Gasteiger partial charge on any atom is -0.494 e. The third-order valence-electron chi connectivity index (χ3n) is 5.13. The van der Waals surface area contributed by atoms with Gasteiger partial charge in [0.25, 0.3) is 5.91 Å². The fraction of sp³-hybridized carbons (Fsp3) is 0.391. The van der Waals surface area contributed by atoms with E-state index in [1.807, 2.05) is 4.90 Å². The normalized spacial score (nSPS) is 13.7. The number of rotatable bonds is 7. The molecule has 2 aromatic carbocycles. The largest absolute Gasteiger partial charge is 0.494 e. The maximum atomic E-state index is 13.2. The van der Waals surface area contributed by atoms with Crippen molar-refractivity contribution in [1.82, 2.24) is 5.32 Å². The molecule has 0 saturated carbocycles. The molecule has 9 heteroatoms. The van der Waals surface area contributed by atoms with Crippen molar-refractivity contribution < 1.29 is 22.7 Å². The summed E-state index contributed by atoms with van der Waals surface area (Å²) in [6.07, 6.45) is -0.571. The molecule has 172 valence electrons. The van der Waals surface area contributed by atoms with Crippen LogP contribution in [0.4, 0.5) is 24.5 Å². The Balaban J connectivity index is 1.68. The van der Waals surface area contributed by atoms with Gasteiger partial charge in [-0.25, -0.2) is 0 Å². The molecule has 0 bridgehead atoms. The number of ether oxygens (including phenoxy) is 1. The van der Waals surface area contributed by atoms with E-state index < -0.39 is 17.6 Å². The summed E-state index contributed by atoms with van der Waals surface area (Å²) in [5, 5.41) is 5.24. The molecular weight excluding hydrogens is 439 g/mol. The summed E-state index contributed by atoms with van der Waals surface area (Å²) in [7, 11) is 0. The summed E-state index contributed by atoms with van der Waals surface area (Å²) in [6, 6.07) is 10.1. The number of anilines is 2. The highest BCUT2D eigenvalue weighted by Crippen LogP contribution is 2.36. The number of benzene rings is 2. The van der Waals surface area contributed by atoms with Crippen molar-refractivity contribution in [3.8, 4) is 5.75 Å². The summed E-state index contributed by atoms with van der Waals surface area (Å²) in [5.74, 6) is 0.201. The first kappa shape index (κ1) is 23.8. The van der Waals surface area contributed by atoms with Gasteiger partial charge in [-0.15, -0.1) is 0 Å². The molecule has 0 aliphatic carbocycles. The van der Waals surface area contributed by atoms with Gasteiger partial charge in [-0.2, -0.15) is 13.2 Å². The SMILES string of the molecule is CCCCOc1ccc(C(=O)NC(=S)Nc2cc(C(F)(F)F)ccc2N2CCCC2)cc1. The van der Waals surface area contributed by atoms with Crippen LogP contribution in [-0.4, -0.2) is 30.7 Å². The highest BCUT2D eigenvalue weighted by molar-refractivity contribution is 7.80. The van der Waals surface area contributed by atoms with E-state index in [4.69, 9.17) is 17.0 Å².